The third-order valence-corrected chi connectivity index (χ3v) is 4.48. The van der Waals surface area contributed by atoms with Crippen molar-refractivity contribution in [3.05, 3.63) is 23.8 Å². The van der Waals surface area contributed by atoms with Crippen molar-refractivity contribution in [3.63, 3.8) is 0 Å². The number of piperidine rings is 1. The fraction of sp³-hybridized carbons (Fsp3) is 0.556. The molecule has 0 atom stereocenters. The molecule has 2 amide bonds. The van der Waals surface area contributed by atoms with Crippen LogP contribution in [0.4, 0.5) is 4.79 Å². The lowest BCUT2D eigenvalue weighted by molar-refractivity contribution is -0.123. The molecule has 0 bridgehead atoms. The Bertz CT molecular complexity index is 580. The van der Waals surface area contributed by atoms with Crippen molar-refractivity contribution in [2.24, 2.45) is 5.92 Å². The van der Waals surface area contributed by atoms with Gasteiger partial charge in [-0.2, -0.15) is 0 Å². The van der Waals surface area contributed by atoms with Gasteiger partial charge >= 0.3 is 6.03 Å². The molecule has 0 unspecified atom stereocenters. The highest BCUT2D eigenvalue weighted by atomic mass is 16.5. The van der Waals surface area contributed by atoms with Crippen LogP contribution in [-0.4, -0.2) is 44.0 Å². The summed E-state index contributed by atoms with van der Waals surface area (Å²) < 4.78 is 10.5. The molecule has 1 N–H and O–H groups in total. The number of carbonyl (C=O) groups excluding carboxylic acids is 2. The molecule has 0 aliphatic carbocycles. The number of Topliss-reactive ketones (excluding diaryl/α,β-unsaturated/α-hetero) is 1. The van der Waals surface area contributed by atoms with E-state index < -0.39 is 0 Å². The van der Waals surface area contributed by atoms with Crippen molar-refractivity contribution in [1.82, 2.24) is 10.2 Å². The van der Waals surface area contributed by atoms with E-state index in [9.17, 15) is 9.59 Å². The molecule has 1 heterocycles. The Morgan fingerprint density at radius 2 is 1.83 bits per heavy atom. The number of nitrogens with one attached hydrogen (secondary N) is 1. The minimum absolute atomic E-state index is 0.0906. The smallest absolute Gasteiger partial charge is 0.317 e. The summed E-state index contributed by atoms with van der Waals surface area (Å²) in [5.41, 5.74) is 0.942. The van der Waals surface area contributed by atoms with Crippen LogP contribution in [0.5, 0.6) is 11.5 Å². The van der Waals surface area contributed by atoms with Gasteiger partial charge in [-0.1, -0.05) is 13.0 Å². The van der Waals surface area contributed by atoms with E-state index in [0.717, 1.165) is 18.4 Å². The molecule has 1 aliphatic rings. The molecule has 1 fully saturated rings. The molecule has 0 saturated carbocycles. The Morgan fingerprint density at radius 3 is 2.42 bits per heavy atom. The van der Waals surface area contributed by atoms with Gasteiger partial charge in [0.15, 0.2) is 11.5 Å². The highest BCUT2D eigenvalue weighted by Crippen LogP contribution is 2.27. The number of methoxy groups -OCH3 is 2. The van der Waals surface area contributed by atoms with Crippen LogP contribution < -0.4 is 14.8 Å². The topological polar surface area (TPSA) is 67.9 Å². The Balaban J connectivity index is 1.84. The molecule has 0 radical (unpaired) electrons. The molecule has 6 nitrogen and oxygen atoms in total. The predicted molar refractivity (Wildman–Crippen MR) is 91.4 cm³/mol. The molecule has 6 heteroatoms. The maximum absolute atomic E-state index is 12.3. The monoisotopic (exact) mass is 334 g/mol. The summed E-state index contributed by atoms with van der Waals surface area (Å²) in [7, 11) is 3.17. The normalized spacial score (nSPS) is 15.0. The van der Waals surface area contributed by atoms with E-state index in [-0.39, 0.29) is 11.9 Å². The number of benzene rings is 1. The number of carbonyl (C=O) groups is 2. The summed E-state index contributed by atoms with van der Waals surface area (Å²) in [5.74, 6) is 1.73. The van der Waals surface area contributed by atoms with E-state index in [4.69, 9.17) is 9.47 Å². The van der Waals surface area contributed by atoms with Crippen molar-refractivity contribution in [3.8, 4) is 11.5 Å². The molecular formula is C18H26N2O4. The standard InChI is InChI=1S/C18H26N2O4/c1-4-15(21)14-7-9-20(10-8-14)18(22)19-12-13-5-6-16(23-2)17(11-13)24-3/h5-6,11,14H,4,7-10,12H2,1-3H3,(H,19,22). The predicted octanol–water partition coefficient (Wildman–Crippen LogP) is 2.60. The van der Waals surface area contributed by atoms with Crippen molar-refractivity contribution >= 4 is 11.8 Å². The van der Waals surface area contributed by atoms with E-state index in [1.165, 1.54) is 0 Å². The molecular weight excluding hydrogens is 308 g/mol. The van der Waals surface area contributed by atoms with Crippen molar-refractivity contribution < 1.29 is 19.1 Å². The summed E-state index contributed by atoms with van der Waals surface area (Å²) in [6.45, 7) is 3.58. The summed E-state index contributed by atoms with van der Waals surface area (Å²) in [6, 6.07) is 5.48. The number of likely N-dealkylation sites (tertiary alicyclic amines) is 1. The van der Waals surface area contributed by atoms with Crippen LogP contribution in [0.3, 0.4) is 0 Å². The van der Waals surface area contributed by atoms with Crippen LogP contribution in [0.2, 0.25) is 0 Å². The van der Waals surface area contributed by atoms with Crippen LogP contribution in [0.1, 0.15) is 31.7 Å². The maximum Gasteiger partial charge on any atom is 0.317 e. The van der Waals surface area contributed by atoms with Crippen LogP contribution in [0, 0.1) is 5.92 Å². The van der Waals surface area contributed by atoms with Crippen molar-refractivity contribution in [1.29, 1.82) is 0 Å². The van der Waals surface area contributed by atoms with Crippen molar-refractivity contribution in [2.45, 2.75) is 32.7 Å². The second kappa shape index (κ2) is 8.57. The molecule has 1 saturated heterocycles. The van der Waals surface area contributed by atoms with E-state index in [1.807, 2.05) is 25.1 Å². The quantitative estimate of drug-likeness (QED) is 0.868. The third kappa shape index (κ3) is 4.40. The first kappa shape index (κ1) is 18.1. The van der Waals surface area contributed by atoms with E-state index in [1.54, 1.807) is 19.1 Å². The second-order valence-electron chi connectivity index (χ2n) is 5.93. The second-order valence-corrected chi connectivity index (χ2v) is 5.93. The molecule has 0 aromatic heterocycles. The third-order valence-electron chi connectivity index (χ3n) is 4.48. The van der Waals surface area contributed by atoms with E-state index >= 15 is 0 Å². The van der Waals surface area contributed by atoms with Gasteiger partial charge in [0, 0.05) is 32.0 Å². The van der Waals surface area contributed by atoms with Gasteiger partial charge in [0.2, 0.25) is 0 Å². The summed E-state index contributed by atoms with van der Waals surface area (Å²) >= 11 is 0. The molecule has 2 rings (SSSR count). The number of urea groups is 1. The van der Waals surface area contributed by atoms with Crippen LogP contribution in [-0.2, 0) is 11.3 Å². The molecule has 132 valence electrons. The van der Waals surface area contributed by atoms with Gasteiger partial charge in [-0.3, -0.25) is 4.79 Å². The van der Waals surface area contributed by atoms with Gasteiger partial charge in [0.25, 0.3) is 0 Å². The van der Waals surface area contributed by atoms with Gasteiger partial charge in [-0.15, -0.1) is 0 Å². The lowest BCUT2D eigenvalue weighted by Gasteiger charge is -2.31. The number of amides is 2. The first-order valence-electron chi connectivity index (χ1n) is 8.35. The molecule has 24 heavy (non-hydrogen) atoms. The fourth-order valence-corrected chi connectivity index (χ4v) is 2.97. The fourth-order valence-electron chi connectivity index (χ4n) is 2.97. The molecule has 1 aromatic carbocycles. The minimum Gasteiger partial charge on any atom is -0.493 e. The highest BCUT2D eigenvalue weighted by molar-refractivity contribution is 5.81. The zero-order valence-electron chi connectivity index (χ0n) is 14.6. The van der Waals surface area contributed by atoms with Crippen LogP contribution in [0.25, 0.3) is 0 Å². The number of hydrogen-bond acceptors (Lipinski definition) is 4. The number of hydrogen-bond donors (Lipinski definition) is 1. The van der Waals surface area contributed by atoms with Crippen LogP contribution in [0.15, 0.2) is 18.2 Å². The average molecular weight is 334 g/mol. The number of ketones is 1. The Hall–Kier alpha value is -2.24. The van der Waals surface area contributed by atoms with Gasteiger partial charge in [0.05, 0.1) is 14.2 Å². The van der Waals surface area contributed by atoms with E-state index in [2.05, 4.69) is 5.32 Å². The van der Waals surface area contributed by atoms with Crippen LogP contribution >= 0.6 is 0 Å². The van der Waals surface area contributed by atoms with Gasteiger partial charge < -0.3 is 19.7 Å². The lowest BCUT2D eigenvalue weighted by Crippen LogP contribution is -2.45. The maximum atomic E-state index is 12.3. The Kier molecular flexibility index (Phi) is 6.46. The zero-order chi connectivity index (χ0) is 17.5. The Labute approximate surface area is 143 Å². The summed E-state index contributed by atoms with van der Waals surface area (Å²) in [6.07, 6.45) is 2.10. The first-order valence-corrected chi connectivity index (χ1v) is 8.35. The van der Waals surface area contributed by atoms with Crippen molar-refractivity contribution in [2.75, 3.05) is 27.3 Å². The summed E-state index contributed by atoms with van der Waals surface area (Å²) in [4.78, 5) is 25.8. The lowest BCUT2D eigenvalue weighted by atomic mass is 9.91. The summed E-state index contributed by atoms with van der Waals surface area (Å²) in [5, 5.41) is 2.92. The zero-order valence-corrected chi connectivity index (χ0v) is 14.6. The Morgan fingerprint density at radius 1 is 1.17 bits per heavy atom. The highest BCUT2D eigenvalue weighted by Gasteiger charge is 2.26. The largest absolute Gasteiger partial charge is 0.493 e. The minimum atomic E-state index is -0.0906. The van der Waals surface area contributed by atoms with Gasteiger partial charge in [-0.05, 0) is 30.5 Å². The number of nitrogens with zero attached hydrogens (tertiary/aromatic N) is 1. The average Bonchev–Trinajstić information content (AvgIpc) is 2.65. The van der Waals surface area contributed by atoms with Gasteiger partial charge in [0.1, 0.15) is 5.78 Å². The molecule has 0 spiro atoms. The molecule has 1 aliphatic heterocycles. The first-order chi connectivity index (χ1) is 11.6. The van der Waals surface area contributed by atoms with E-state index in [0.29, 0.717) is 43.3 Å². The van der Waals surface area contributed by atoms with Gasteiger partial charge in [-0.25, -0.2) is 4.79 Å². The molecule has 1 aromatic rings. The number of rotatable bonds is 6. The SMILES string of the molecule is CCC(=O)C1CCN(C(=O)NCc2ccc(OC)c(OC)c2)CC1. The number of ether oxygens (including phenoxy) is 2.